The second-order valence-electron chi connectivity index (χ2n) is 15.3. The first kappa shape index (κ1) is 53.7. The van der Waals surface area contributed by atoms with Gasteiger partial charge in [0, 0.05) is 95.3 Å². The summed E-state index contributed by atoms with van der Waals surface area (Å²) in [5.74, 6) is 0. The fraction of sp³-hybridized carbons (Fsp3) is 1.00. The van der Waals surface area contributed by atoms with Crippen LogP contribution in [0.2, 0.25) is 66.5 Å². The van der Waals surface area contributed by atoms with Crippen molar-refractivity contribution >= 4 is 42.6 Å². The summed E-state index contributed by atoms with van der Waals surface area (Å²) in [4.78, 5) is 0. The predicted molar refractivity (Wildman–Crippen MR) is 233 cm³/mol. The highest BCUT2D eigenvalue weighted by Gasteiger charge is 2.43. The van der Waals surface area contributed by atoms with Gasteiger partial charge in [-0.2, -0.15) is 0 Å². The van der Waals surface area contributed by atoms with Gasteiger partial charge in [0.15, 0.2) is 0 Å². The molecule has 0 aromatic rings. The minimum Gasteiger partial charge on any atom is -0.381 e. The third-order valence-corrected chi connectivity index (χ3v) is 31.9. The Kier molecular flexibility index (Phi) is 32.1. The lowest BCUT2D eigenvalue weighted by molar-refractivity contribution is 0.123. The SMILES string of the molecule is CCCC[Si](CCCC)(CCCC)CCCOCCCCC[Si](CCC[Si](OC)(OC)OC)(CCC[Si](OC)(OC)OC)CCC[Si](OC)(OC)OC. The van der Waals surface area contributed by atoms with E-state index in [1.165, 1.54) is 106 Å². The van der Waals surface area contributed by atoms with Crippen LogP contribution in [0.15, 0.2) is 0 Å². The maximum Gasteiger partial charge on any atom is 0.500 e. The Balaban J connectivity index is 5.68. The van der Waals surface area contributed by atoms with Gasteiger partial charge < -0.3 is 44.6 Å². The van der Waals surface area contributed by atoms with Crippen molar-refractivity contribution in [3.63, 3.8) is 0 Å². The van der Waals surface area contributed by atoms with Crippen LogP contribution in [0.4, 0.5) is 0 Å². The Morgan fingerprint density at radius 1 is 0.264 bits per heavy atom. The highest BCUT2D eigenvalue weighted by Crippen LogP contribution is 2.38. The van der Waals surface area contributed by atoms with Crippen LogP contribution in [-0.4, -0.2) is 120 Å². The first-order valence-electron chi connectivity index (χ1n) is 21.1. The lowest BCUT2D eigenvalue weighted by Crippen LogP contribution is -2.45. The molecule has 15 heteroatoms. The lowest BCUT2D eigenvalue weighted by Gasteiger charge is -2.35. The molecule has 0 aliphatic rings. The molecule has 0 spiro atoms. The van der Waals surface area contributed by atoms with Gasteiger partial charge in [-0.25, -0.2) is 0 Å². The molecule has 0 atom stereocenters. The molecule has 0 radical (unpaired) electrons. The van der Waals surface area contributed by atoms with Crippen LogP contribution in [0.3, 0.4) is 0 Å². The third kappa shape index (κ3) is 20.8. The third-order valence-electron chi connectivity index (χ3n) is 12.0. The van der Waals surface area contributed by atoms with Gasteiger partial charge >= 0.3 is 26.4 Å². The summed E-state index contributed by atoms with van der Waals surface area (Å²) in [7, 11) is 4.41. The molecule has 0 heterocycles. The second-order valence-corrected chi connectivity index (χ2v) is 34.6. The molecule has 320 valence electrons. The maximum absolute atomic E-state index is 6.32. The molecular weight excluding hydrogens is 757 g/mol. The van der Waals surface area contributed by atoms with Crippen molar-refractivity contribution in [2.45, 2.75) is 171 Å². The molecule has 0 saturated heterocycles. The van der Waals surface area contributed by atoms with E-state index in [1.807, 2.05) is 0 Å². The van der Waals surface area contributed by atoms with E-state index in [0.717, 1.165) is 57.0 Å². The van der Waals surface area contributed by atoms with Crippen LogP contribution in [-0.2, 0) is 44.6 Å². The Hall–Kier alpha value is 0.684. The molecule has 0 N–H and O–H groups in total. The highest BCUT2D eigenvalue weighted by molar-refractivity contribution is 6.80. The fourth-order valence-corrected chi connectivity index (χ4v) is 25.6. The summed E-state index contributed by atoms with van der Waals surface area (Å²) in [6.45, 7) is 8.87. The average molecular weight is 846 g/mol. The van der Waals surface area contributed by atoms with Gasteiger partial charge in [-0.1, -0.05) is 140 Å². The normalized spacial score (nSPS) is 13.4. The molecule has 0 unspecified atom stereocenters. The Labute approximate surface area is 333 Å². The van der Waals surface area contributed by atoms with E-state index in [2.05, 4.69) is 20.8 Å². The van der Waals surface area contributed by atoms with Gasteiger partial charge in [-0.3, -0.25) is 0 Å². The first-order chi connectivity index (χ1) is 25.6. The van der Waals surface area contributed by atoms with Crippen molar-refractivity contribution in [1.82, 2.24) is 0 Å². The molecule has 0 fully saturated rings. The quantitative estimate of drug-likeness (QED) is 0.0438. The largest absolute Gasteiger partial charge is 0.500 e. The second kappa shape index (κ2) is 31.6. The van der Waals surface area contributed by atoms with Gasteiger partial charge in [-0.05, 0) is 12.8 Å². The summed E-state index contributed by atoms with van der Waals surface area (Å²) in [6, 6.07) is 13.3. The summed E-state index contributed by atoms with van der Waals surface area (Å²) >= 11 is 0. The van der Waals surface area contributed by atoms with Crippen LogP contribution in [0, 0.1) is 0 Å². The number of unbranched alkanes of at least 4 members (excludes halogenated alkanes) is 5. The summed E-state index contributed by atoms with van der Waals surface area (Å²) in [6.07, 6.45) is 16.1. The Morgan fingerprint density at radius 3 is 0.830 bits per heavy atom. The van der Waals surface area contributed by atoms with Gasteiger partial charge in [0.05, 0.1) is 16.1 Å². The number of hydrogen-bond acceptors (Lipinski definition) is 10. The molecule has 53 heavy (non-hydrogen) atoms. The summed E-state index contributed by atoms with van der Waals surface area (Å²) in [5, 5.41) is 0. The minimum absolute atomic E-state index is 0.818. The van der Waals surface area contributed by atoms with Crippen LogP contribution in [0.5, 0.6) is 0 Å². The van der Waals surface area contributed by atoms with Crippen molar-refractivity contribution in [1.29, 1.82) is 0 Å². The zero-order chi connectivity index (χ0) is 40.0. The molecule has 0 saturated carbocycles. The molecule has 0 bridgehead atoms. The van der Waals surface area contributed by atoms with Gasteiger partial charge in [-0.15, -0.1) is 0 Å². The average Bonchev–Trinajstić information content (AvgIpc) is 3.20. The van der Waals surface area contributed by atoms with Crippen molar-refractivity contribution in [3.8, 4) is 0 Å². The Bertz CT molecular complexity index is 724. The molecule has 0 aliphatic heterocycles. The molecule has 0 rings (SSSR count). The topological polar surface area (TPSA) is 92.3 Å². The van der Waals surface area contributed by atoms with Gasteiger partial charge in [0.25, 0.3) is 0 Å². The van der Waals surface area contributed by atoms with E-state index in [4.69, 9.17) is 44.6 Å². The van der Waals surface area contributed by atoms with Crippen LogP contribution in [0.1, 0.15) is 104 Å². The van der Waals surface area contributed by atoms with E-state index < -0.39 is 42.6 Å². The number of ether oxygens (including phenoxy) is 1. The predicted octanol–water partition coefficient (Wildman–Crippen LogP) is 10.7. The van der Waals surface area contributed by atoms with Crippen molar-refractivity contribution in [3.05, 3.63) is 0 Å². The number of hydrogen-bond donors (Lipinski definition) is 0. The standard InChI is InChI=1S/C38H88O10Si5/c1-13-16-28-49(29-17-14-2,30-18-15-3)32-22-27-48-26-20-19-21-31-50(33-23-36-51(39-4,40-5)41-6,34-24-37-52(42-7,43-8)44-9)35-25-38-53(45-10,46-11)47-12/h13-38H2,1-12H3. The molecular formula is C38H88O10Si5. The zero-order valence-electron chi connectivity index (χ0n) is 37.0. The summed E-state index contributed by atoms with van der Waals surface area (Å²) in [5.41, 5.74) is 0. The zero-order valence-corrected chi connectivity index (χ0v) is 42.0. The van der Waals surface area contributed by atoms with Gasteiger partial charge in [0.1, 0.15) is 0 Å². The van der Waals surface area contributed by atoms with E-state index in [9.17, 15) is 0 Å². The molecule has 0 aliphatic carbocycles. The monoisotopic (exact) mass is 845 g/mol. The maximum atomic E-state index is 6.32. The van der Waals surface area contributed by atoms with E-state index in [0.29, 0.717) is 0 Å². The van der Waals surface area contributed by atoms with E-state index in [-0.39, 0.29) is 0 Å². The van der Waals surface area contributed by atoms with Crippen molar-refractivity contribution in [2.24, 2.45) is 0 Å². The minimum atomic E-state index is -2.67. The van der Waals surface area contributed by atoms with Crippen molar-refractivity contribution < 1.29 is 44.6 Å². The molecule has 0 aromatic carbocycles. The van der Waals surface area contributed by atoms with E-state index in [1.54, 1.807) is 64.0 Å². The van der Waals surface area contributed by atoms with Crippen LogP contribution < -0.4 is 0 Å². The summed E-state index contributed by atoms with van der Waals surface area (Å²) < 4.78 is 58.7. The smallest absolute Gasteiger partial charge is 0.381 e. The molecule has 0 amide bonds. The highest BCUT2D eigenvalue weighted by atomic mass is 28.4. The molecule has 10 nitrogen and oxygen atoms in total. The Morgan fingerprint density at radius 2 is 0.528 bits per heavy atom. The first-order valence-corrected chi connectivity index (χ1v) is 32.6. The number of rotatable bonds is 40. The molecule has 0 aromatic heterocycles. The van der Waals surface area contributed by atoms with Gasteiger partial charge in [0.2, 0.25) is 0 Å². The van der Waals surface area contributed by atoms with Crippen molar-refractivity contribution in [2.75, 3.05) is 77.2 Å². The van der Waals surface area contributed by atoms with Crippen LogP contribution in [0.25, 0.3) is 0 Å². The van der Waals surface area contributed by atoms with Crippen LogP contribution >= 0.6 is 0 Å². The van der Waals surface area contributed by atoms with E-state index >= 15 is 0 Å². The fourth-order valence-electron chi connectivity index (χ4n) is 8.40. The lowest BCUT2D eigenvalue weighted by atomic mass is 10.3.